The summed E-state index contributed by atoms with van der Waals surface area (Å²) in [7, 11) is 4.35. The summed E-state index contributed by atoms with van der Waals surface area (Å²) in [6.07, 6.45) is 27.3. The molecule has 0 amide bonds. The van der Waals surface area contributed by atoms with Gasteiger partial charge < -0.3 is 4.90 Å². The van der Waals surface area contributed by atoms with E-state index in [1.807, 2.05) is 0 Å². The molecule has 0 aliphatic carbocycles. The highest BCUT2D eigenvalue weighted by Crippen LogP contribution is 2.16. The fourth-order valence-corrected chi connectivity index (χ4v) is 4.46. The molecule has 1 rings (SSSR count). The second-order valence-electron chi connectivity index (χ2n) is 9.84. The van der Waals surface area contributed by atoms with Crippen molar-refractivity contribution in [2.24, 2.45) is 0 Å². The average Bonchev–Trinajstić information content (AvgIpc) is 2.73. The number of hydrogen-bond acceptors (Lipinski definition) is 1. The van der Waals surface area contributed by atoms with Crippen LogP contribution in [0, 0.1) is 6.92 Å². The van der Waals surface area contributed by atoms with Crippen LogP contribution in [0.4, 0.5) is 0 Å². The van der Waals surface area contributed by atoms with Gasteiger partial charge in [0.1, 0.15) is 0 Å². The zero-order chi connectivity index (χ0) is 21.7. The van der Waals surface area contributed by atoms with Crippen molar-refractivity contribution in [1.29, 1.82) is 0 Å². The van der Waals surface area contributed by atoms with Crippen LogP contribution in [0.1, 0.15) is 127 Å². The summed E-state index contributed by atoms with van der Waals surface area (Å²) >= 11 is 0. The molecule has 0 N–H and O–H groups in total. The Morgan fingerprint density at radius 2 is 0.871 bits per heavy atom. The number of rotatable bonds is 21. The SMILES string of the molecule is Cc1ccccc1CCCCCCCCCCCCCCCCCCCCN(C)C.Cl. The minimum atomic E-state index is 0. The van der Waals surface area contributed by atoms with Crippen molar-refractivity contribution in [3.8, 4) is 0 Å². The van der Waals surface area contributed by atoms with E-state index in [-0.39, 0.29) is 12.4 Å². The Labute approximate surface area is 202 Å². The molecule has 0 aliphatic rings. The lowest BCUT2D eigenvalue weighted by Gasteiger charge is -2.08. The van der Waals surface area contributed by atoms with Crippen LogP contribution < -0.4 is 0 Å². The number of nitrogens with zero attached hydrogens (tertiary/aromatic N) is 1. The van der Waals surface area contributed by atoms with Gasteiger partial charge in [-0.3, -0.25) is 0 Å². The van der Waals surface area contributed by atoms with E-state index in [4.69, 9.17) is 0 Å². The zero-order valence-corrected chi connectivity index (χ0v) is 22.1. The Balaban J connectivity index is 0.00000900. The third kappa shape index (κ3) is 19.9. The van der Waals surface area contributed by atoms with Crippen molar-refractivity contribution >= 4 is 12.4 Å². The highest BCUT2D eigenvalue weighted by atomic mass is 35.5. The van der Waals surface area contributed by atoms with Crippen LogP contribution in [0.15, 0.2) is 24.3 Å². The molecule has 0 saturated heterocycles. The van der Waals surface area contributed by atoms with Crippen LogP contribution in [-0.2, 0) is 6.42 Å². The van der Waals surface area contributed by atoms with E-state index in [1.54, 1.807) is 5.56 Å². The molecule has 31 heavy (non-hydrogen) atoms. The number of unbranched alkanes of at least 4 members (excludes halogenated alkanes) is 17. The van der Waals surface area contributed by atoms with Crippen LogP contribution in [0.2, 0.25) is 0 Å². The molecule has 0 fully saturated rings. The molecule has 0 atom stereocenters. The minimum Gasteiger partial charge on any atom is -0.309 e. The first-order valence-electron chi connectivity index (χ1n) is 13.4. The molecule has 0 aliphatic heterocycles. The molecule has 0 spiro atoms. The molecule has 0 aromatic heterocycles. The van der Waals surface area contributed by atoms with Crippen LogP contribution in [0.3, 0.4) is 0 Å². The third-order valence-electron chi connectivity index (χ3n) is 6.56. The van der Waals surface area contributed by atoms with E-state index in [2.05, 4.69) is 50.2 Å². The molecule has 0 radical (unpaired) electrons. The Morgan fingerprint density at radius 3 is 1.26 bits per heavy atom. The summed E-state index contributed by atoms with van der Waals surface area (Å²) in [6, 6.07) is 8.86. The topological polar surface area (TPSA) is 3.24 Å². The summed E-state index contributed by atoms with van der Waals surface area (Å²) in [6.45, 7) is 3.50. The first-order chi connectivity index (χ1) is 14.7. The van der Waals surface area contributed by atoms with Gasteiger partial charge in [-0.05, 0) is 58.0 Å². The molecule has 182 valence electrons. The van der Waals surface area contributed by atoms with Gasteiger partial charge in [-0.15, -0.1) is 12.4 Å². The smallest absolute Gasteiger partial charge is 0.00248 e. The Bertz CT molecular complexity index is 485. The van der Waals surface area contributed by atoms with Crippen molar-refractivity contribution in [3.05, 3.63) is 35.4 Å². The number of aryl methyl sites for hydroxylation is 2. The molecular weight excluding hydrogens is 398 g/mol. The summed E-state index contributed by atoms with van der Waals surface area (Å²) in [4.78, 5) is 2.30. The summed E-state index contributed by atoms with van der Waals surface area (Å²) in [5.41, 5.74) is 3.01. The van der Waals surface area contributed by atoms with E-state index in [0.29, 0.717) is 0 Å². The van der Waals surface area contributed by atoms with Gasteiger partial charge in [0.15, 0.2) is 0 Å². The van der Waals surface area contributed by atoms with Crippen molar-refractivity contribution in [2.45, 2.75) is 129 Å². The van der Waals surface area contributed by atoms with Gasteiger partial charge in [0.05, 0.1) is 0 Å². The number of hydrogen-bond donors (Lipinski definition) is 0. The Kier molecular flexibility index (Phi) is 22.3. The third-order valence-corrected chi connectivity index (χ3v) is 6.56. The standard InChI is InChI=1S/C29H53N.ClH/c1-28-24-21-22-26-29(28)25-20-18-16-14-12-10-8-6-4-5-7-9-11-13-15-17-19-23-27-30(2)3;/h21-22,24,26H,4-20,23,25,27H2,1-3H3;1H. The molecule has 0 unspecified atom stereocenters. The predicted molar refractivity (Wildman–Crippen MR) is 144 cm³/mol. The van der Waals surface area contributed by atoms with Gasteiger partial charge in [0.25, 0.3) is 0 Å². The van der Waals surface area contributed by atoms with Crippen molar-refractivity contribution in [2.75, 3.05) is 20.6 Å². The van der Waals surface area contributed by atoms with E-state index in [0.717, 1.165) is 0 Å². The van der Waals surface area contributed by atoms with Crippen molar-refractivity contribution in [3.63, 3.8) is 0 Å². The predicted octanol–water partition coefficient (Wildman–Crippen LogP) is 9.54. The maximum atomic E-state index is 2.30. The lowest BCUT2D eigenvalue weighted by atomic mass is 10.0. The molecule has 1 aromatic carbocycles. The summed E-state index contributed by atoms with van der Waals surface area (Å²) in [5.74, 6) is 0. The monoisotopic (exact) mass is 451 g/mol. The first kappa shape index (κ1) is 30.5. The second-order valence-corrected chi connectivity index (χ2v) is 9.84. The van der Waals surface area contributed by atoms with Crippen LogP contribution >= 0.6 is 12.4 Å². The maximum absolute atomic E-state index is 2.30. The summed E-state index contributed by atoms with van der Waals surface area (Å²) < 4.78 is 0. The normalized spacial score (nSPS) is 11.1. The molecule has 1 nitrogen and oxygen atoms in total. The molecule has 0 saturated carbocycles. The lowest BCUT2D eigenvalue weighted by Crippen LogP contribution is -2.12. The van der Waals surface area contributed by atoms with Crippen LogP contribution in [-0.4, -0.2) is 25.5 Å². The first-order valence-corrected chi connectivity index (χ1v) is 13.4. The Morgan fingerprint density at radius 1 is 0.516 bits per heavy atom. The fraction of sp³-hybridized carbons (Fsp3) is 0.793. The fourth-order valence-electron chi connectivity index (χ4n) is 4.46. The van der Waals surface area contributed by atoms with E-state index in [1.165, 1.54) is 134 Å². The van der Waals surface area contributed by atoms with Crippen LogP contribution in [0.25, 0.3) is 0 Å². The van der Waals surface area contributed by atoms with Gasteiger partial charge in [0, 0.05) is 0 Å². The van der Waals surface area contributed by atoms with E-state index in [9.17, 15) is 0 Å². The van der Waals surface area contributed by atoms with Crippen molar-refractivity contribution < 1.29 is 0 Å². The van der Waals surface area contributed by atoms with Gasteiger partial charge in [-0.2, -0.15) is 0 Å². The second kappa shape index (κ2) is 22.7. The van der Waals surface area contributed by atoms with E-state index < -0.39 is 0 Å². The van der Waals surface area contributed by atoms with Gasteiger partial charge in [-0.25, -0.2) is 0 Å². The van der Waals surface area contributed by atoms with E-state index >= 15 is 0 Å². The van der Waals surface area contributed by atoms with Gasteiger partial charge in [0.2, 0.25) is 0 Å². The molecule has 0 bridgehead atoms. The Hall–Kier alpha value is -0.530. The van der Waals surface area contributed by atoms with Gasteiger partial charge >= 0.3 is 0 Å². The number of benzene rings is 1. The van der Waals surface area contributed by atoms with Crippen molar-refractivity contribution in [1.82, 2.24) is 4.90 Å². The maximum Gasteiger partial charge on any atom is -0.00248 e. The quantitative estimate of drug-likeness (QED) is 0.168. The van der Waals surface area contributed by atoms with Gasteiger partial charge in [-0.1, -0.05) is 127 Å². The summed E-state index contributed by atoms with van der Waals surface area (Å²) in [5, 5.41) is 0. The highest BCUT2D eigenvalue weighted by molar-refractivity contribution is 5.85. The molecular formula is C29H54ClN. The molecule has 0 heterocycles. The molecule has 1 aromatic rings. The zero-order valence-electron chi connectivity index (χ0n) is 21.3. The highest BCUT2D eigenvalue weighted by Gasteiger charge is 1.98. The number of halogens is 1. The average molecular weight is 452 g/mol. The molecule has 2 heteroatoms. The van der Waals surface area contributed by atoms with Crippen LogP contribution in [0.5, 0.6) is 0 Å². The largest absolute Gasteiger partial charge is 0.309 e. The lowest BCUT2D eigenvalue weighted by molar-refractivity contribution is 0.389. The minimum absolute atomic E-state index is 0.